The van der Waals surface area contributed by atoms with Crippen LogP contribution in [0, 0.1) is 0 Å². The van der Waals surface area contributed by atoms with E-state index in [0.29, 0.717) is 17.1 Å². The molecular weight excluding hydrogens is 378 g/mol. The van der Waals surface area contributed by atoms with Gasteiger partial charge in [-0.1, -0.05) is 54.6 Å². The molecule has 0 radical (unpaired) electrons. The lowest BCUT2D eigenvalue weighted by molar-refractivity contribution is -0.124. The fourth-order valence-corrected chi connectivity index (χ4v) is 2.94. The molecule has 30 heavy (non-hydrogen) atoms. The zero-order chi connectivity index (χ0) is 21.2. The minimum absolute atomic E-state index is 0.0148. The lowest BCUT2D eigenvalue weighted by Crippen LogP contribution is -2.36. The molecule has 0 heterocycles. The highest BCUT2D eigenvalue weighted by molar-refractivity contribution is 5.91. The molecule has 0 fully saturated rings. The molecule has 3 aromatic carbocycles. The zero-order valence-corrected chi connectivity index (χ0v) is 16.9. The van der Waals surface area contributed by atoms with Crippen LogP contribution in [0.2, 0.25) is 0 Å². The summed E-state index contributed by atoms with van der Waals surface area (Å²) < 4.78 is 10.9. The van der Waals surface area contributed by atoms with E-state index in [-0.39, 0.29) is 18.6 Å². The van der Waals surface area contributed by atoms with Crippen molar-refractivity contribution in [3.63, 3.8) is 0 Å². The van der Waals surface area contributed by atoms with Gasteiger partial charge in [-0.05, 0) is 55.7 Å². The summed E-state index contributed by atoms with van der Waals surface area (Å²) in [5, 5.41) is 2.86. The molecule has 0 saturated heterocycles. The highest BCUT2D eigenvalue weighted by Crippen LogP contribution is 2.22. The van der Waals surface area contributed by atoms with Crippen LogP contribution in [0.3, 0.4) is 0 Å². The molecule has 5 nitrogen and oxygen atoms in total. The maximum atomic E-state index is 12.3. The Kier molecular flexibility index (Phi) is 7.61. The summed E-state index contributed by atoms with van der Waals surface area (Å²) in [6, 6.07) is 26.1. The number of nitrogens with one attached hydrogen (secondary N) is 1. The fourth-order valence-electron chi connectivity index (χ4n) is 2.94. The van der Waals surface area contributed by atoms with Crippen molar-refractivity contribution in [2.45, 2.75) is 25.8 Å². The maximum absolute atomic E-state index is 12.3. The van der Waals surface area contributed by atoms with Gasteiger partial charge in [0.25, 0.3) is 5.91 Å². The van der Waals surface area contributed by atoms with Crippen LogP contribution in [0.5, 0.6) is 11.5 Å². The average Bonchev–Trinajstić information content (AvgIpc) is 2.77. The van der Waals surface area contributed by atoms with E-state index >= 15 is 0 Å². The first-order chi connectivity index (χ1) is 14.6. The van der Waals surface area contributed by atoms with Crippen LogP contribution in [0.4, 0.5) is 0 Å². The number of carbonyl (C=O) groups is 2. The summed E-state index contributed by atoms with van der Waals surface area (Å²) >= 11 is 0. The van der Waals surface area contributed by atoms with Crippen molar-refractivity contribution < 1.29 is 19.1 Å². The average molecular weight is 403 g/mol. The van der Waals surface area contributed by atoms with Crippen LogP contribution in [-0.4, -0.2) is 24.5 Å². The number of amides is 1. The molecule has 1 atom stereocenters. The maximum Gasteiger partial charge on any atom is 0.338 e. The Bertz CT molecular complexity index is 957. The van der Waals surface area contributed by atoms with Crippen molar-refractivity contribution in [3.8, 4) is 11.5 Å². The van der Waals surface area contributed by atoms with Crippen LogP contribution in [0.25, 0.3) is 0 Å². The van der Waals surface area contributed by atoms with Crippen LogP contribution >= 0.6 is 0 Å². The summed E-state index contributed by atoms with van der Waals surface area (Å²) in [5.74, 6) is 0.308. The molecule has 5 heteroatoms. The Morgan fingerprint density at radius 1 is 0.867 bits per heavy atom. The number of rotatable bonds is 9. The number of ether oxygens (including phenoxy) is 2. The Balaban J connectivity index is 1.44. The molecule has 0 saturated carbocycles. The van der Waals surface area contributed by atoms with E-state index in [0.717, 1.165) is 12.8 Å². The molecule has 0 bridgehead atoms. The fraction of sp³-hybridized carbons (Fsp3) is 0.200. The van der Waals surface area contributed by atoms with Crippen molar-refractivity contribution in [1.82, 2.24) is 5.32 Å². The molecule has 0 aliphatic heterocycles. The smallest absolute Gasteiger partial charge is 0.338 e. The van der Waals surface area contributed by atoms with Crippen LogP contribution in [0.15, 0.2) is 84.9 Å². The summed E-state index contributed by atoms with van der Waals surface area (Å²) in [4.78, 5) is 24.4. The van der Waals surface area contributed by atoms with Gasteiger partial charge in [0, 0.05) is 6.04 Å². The van der Waals surface area contributed by atoms with Gasteiger partial charge in [0.15, 0.2) is 6.61 Å². The molecule has 0 aliphatic carbocycles. The Morgan fingerprint density at radius 2 is 1.53 bits per heavy atom. The predicted molar refractivity (Wildman–Crippen MR) is 116 cm³/mol. The second kappa shape index (κ2) is 10.8. The van der Waals surface area contributed by atoms with Crippen LogP contribution in [0.1, 0.15) is 29.3 Å². The molecule has 1 N–H and O–H groups in total. The van der Waals surface area contributed by atoms with Gasteiger partial charge in [-0.3, -0.25) is 4.79 Å². The quantitative estimate of drug-likeness (QED) is 0.523. The topological polar surface area (TPSA) is 64.6 Å². The molecule has 154 valence electrons. The van der Waals surface area contributed by atoms with Crippen molar-refractivity contribution in [1.29, 1.82) is 0 Å². The zero-order valence-electron chi connectivity index (χ0n) is 16.9. The van der Waals surface area contributed by atoms with E-state index in [1.54, 1.807) is 24.3 Å². The molecule has 0 aliphatic rings. The highest BCUT2D eigenvalue weighted by Gasteiger charge is 2.13. The number of aryl methyl sites for hydroxylation is 1. The minimum atomic E-state index is -0.569. The Morgan fingerprint density at radius 3 is 2.27 bits per heavy atom. The normalized spacial score (nSPS) is 11.4. The third-order valence-corrected chi connectivity index (χ3v) is 4.50. The summed E-state index contributed by atoms with van der Waals surface area (Å²) in [6.07, 6.45) is 1.68. The third kappa shape index (κ3) is 6.78. The van der Waals surface area contributed by atoms with Gasteiger partial charge in [0.1, 0.15) is 11.5 Å². The van der Waals surface area contributed by atoms with Gasteiger partial charge in [-0.25, -0.2) is 4.79 Å². The van der Waals surface area contributed by atoms with E-state index in [1.807, 2.05) is 55.5 Å². The lowest BCUT2D eigenvalue weighted by Gasteiger charge is -2.14. The van der Waals surface area contributed by atoms with Gasteiger partial charge in [0.05, 0.1) is 5.56 Å². The first kappa shape index (κ1) is 21.1. The largest absolute Gasteiger partial charge is 0.457 e. The first-order valence-electron chi connectivity index (χ1n) is 9.93. The third-order valence-electron chi connectivity index (χ3n) is 4.50. The Labute approximate surface area is 176 Å². The Hall–Kier alpha value is -3.60. The molecule has 0 aromatic heterocycles. The first-order valence-corrected chi connectivity index (χ1v) is 9.93. The highest BCUT2D eigenvalue weighted by atomic mass is 16.5. The van der Waals surface area contributed by atoms with Gasteiger partial charge >= 0.3 is 5.97 Å². The summed E-state index contributed by atoms with van der Waals surface area (Å²) in [5.41, 5.74) is 1.55. The molecule has 1 unspecified atom stereocenters. The summed E-state index contributed by atoms with van der Waals surface area (Å²) in [7, 11) is 0. The number of benzene rings is 3. The lowest BCUT2D eigenvalue weighted by atomic mass is 10.1. The van der Waals surface area contributed by atoms with Crippen molar-refractivity contribution in [3.05, 3.63) is 96.1 Å². The second-order valence-corrected chi connectivity index (χ2v) is 7.01. The van der Waals surface area contributed by atoms with Crippen LogP contribution in [-0.2, 0) is 16.0 Å². The van der Waals surface area contributed by atoms with E-state index in [2.05, 4.69) is 17.4 Å². The monoisotopic (exact) mass is 403 g/mol. The van der Waals surface area contributed by atoms with Gasteiger partial charge < -0.3 is 14.8 Å². The van der Waals surface area contributed by atoms with Crippen molar-refractivity contribution in [2.24, 2.45) is 0 Å². The number of carbonyl (C=O) groups excluding carboxylic acids is 2. The molecule has 3 aromatic rings. The van der Waals surface area contributed by atoms with Crippen LogP contribution < -0.4 is 10.1 Å². The molecular formula is C25H25NO4. The van der Waals surface area contributed by atoms with Crippen molar-refractivity contribution >= 4 is 11.9 Å². The van der Waals surface area contributed by atoms with Gasteiger partial charge in [-0.15, -0.1) is 0 Å². The van der Waals surface area contributed by atoms with E-state index < -0.39 is 5.97 Å². The molecule has 3 rings (SSSR count). The summed E-state index contributed by atoms with van der Waals surface area (Å²) in [6.45, 7) is 1.62. The minimum Gasteiger partial charge on any atom is -0.457 e. The number of hydrogen-bond acceptors (Lipinski definition) is 4. The standard InChI is InChI=1S/C25H25NO4/c1-19(15-16-20-9-4-2-5-10-20)26-24(27)18-29-25(28)21-11-8-14-23(17-21)30-22-12-6-3-7-13-22/h2-14,17,19H,15-16,18H2,1H3,(H,26,27). The molecule has 0 spiro atoms. The number of esters is 1. The van der Waals surface area contributed by atoms with Gasteiger partial charge in [0.2, 0.25) is 0 Å². The SMILES string of the molecule is CC(CCc1ccccc1)NC(=O)COC(=O)c1cccc(Oc2ccccc2)c1. The van der Waals surface area contributed by atoms with Gasteiger partial charge in [-0.2, -0.15) is 0 Å². The predicted octanol–water partition coefficient (Wildman–Crippen LogP) is 4.77. The van der Waals surface area contributed by atoms with E-state index in [1.165, 1.54) is 5.56 Å². The molecule has 1 amide bonds. The second-order valence-electron chi connectivity index (χ2n) is 7.01. The van der Waals surface area contributed by atoms with Crippen molar-refractivity contribution in [2.75, 3.05) is 6.61 Å². The van der Waals surface area contributed by atoms with E-state index in [4.69, 9.17) is 9.47 Å². The number of hydrogen-bond donors (Lipinski definition) is 1. The number of para-hydroxylation sites is 1. The van der Waals surface area contributed by atoms with E-state index in [9.17, 15) is 9.59 Å².